The number of thioether (sulfide) groups is 1. The molecule has 0 spiro atoms. The van der Waals surface area contributed by atoms with Crippen LogP contribution in [0.4, 0.5) is 0 Å². The van der Waals surface area contributed by atoms with Crippen LogP contribution in [-0.4, -0.2) is 31.9 Å². The van der Waals surface area contributed by atoms with Gasteiger partial charge >= 0.3 is 0 Å². The molecule has 0 saturated heterocycles. The Kier molecular flexibility index (Phi) is 5.99. The Labute approximate surface area is 147 Å². The number of benzene rings is 1. The molecular formula is C17H25N5OS. The molecule has 0 fully saturated rings. The predicted octanol–water partition coefficient (Wildman–Crippen LogP) is 3.03. The first kappa shape index (κ1) is 18.4. The van der Waals surface area contributed by atoms with Crippen LogP contribution < -0.4 is 5.32 Å². The van der Waals surface area contributed by atoms with E-state index < -0.39 is 0 Å². The maximum absolute atomic E-state index is 12.4. The summed E-state index contributed by atoms with van der Waals surface area (Å²) < 4.78 is 1.74. The third-order valence-electron chi connectivity index (χ3n) is 3.55. The van der Waals surface area contributed by atoms with Crippen LogP contribution in [0.2, 0.25) is 0 Å². The molecule has 1 unspecified atom stereocenters. The predicted molar refractivity (Wildman–Crippen MR) is 95.7 cm³/mol. The van der Waals surface area contributed by atoms with Gasteiger partial charge in [0.15, 0.2) is 0 Å². The lowest BCUT2D eigenvalue weighted by atomic mass is 9.96. The van der Waals surface area contributed by atoms with Crippen molar-refractivity contribution >= 4 is 17.7 Å². The summed E-state index contributed by atoms with van der Waals surface area (Å²) in [6.07, 6.45) is 0. The molecule has 0 radical (unpaired) electrons. The molecule has 0 aliphatic carbocycles. The van der Waals surface area contributed by atoms with Gasteiger partial charge < -0.3 is 5.32 Å². The maximum Gasteiger partial charge on any atom is 0.230 e. The number of carbonyl (C=O) groups excluding carboxylic acids is 1. The zero-order valence-electron chi connectivity index (χ0n) is 14.9. The minimum absolute atomic E-state index is 0.00193. The summed E-state index contributed by atoms with van der Waals surface area (Å²) in [7, 11) is 0. The molecule has 2 aromatic rings. The Morgan fingerprint density at radius 3 is 2.50 bits per heavy atom. The van der Waals surface area contributed by atoms with Crippen molar-refractivity contribution in [3.05, 3.63) is 35.9 Å². The van der Waals surface area contributed by atoms with Gasteiger partial charge in [-0.05, 0) is 42.7 Å². The first-order valence-electron chi connectivity index (χ1n) is 8.05. The number of hydrogen-bond donors (Lipinski definition) is 1. The normalized spacial score (nSPS) is 13.1. The van der Waals surface area contributed by atoms with Crippen molar-refractivity contribution in [2.75, 3.05) is 5.75 Å². The monoisotopic (exact) mass is 347 g/mol. The van der Waals surface area contributed by atoms with E-state index in [-0.39, 0.29) is 23.2 Å². The molecule has 0 bridgehead atoms. The Hall–Kier alpha value is -1.89. The fourth-order valence-electron chi connectivity index (χ4n) is 2.33. The summed E-state index contributed by atoms with van der Waals surface area (Å²) in [5.74, 6) is 0.569. The van der Waals surface area contributed by atoms with Gasteiger partial charge in [-0.1, -0.05) is 55.9 Å². The summed E-state index contributed by atoms with van der Waals surface area (Å²) in [4.78, 5) is 12.4. The van der Waals surface area contributed by atoms with Crippen LogP contribution in [0.5, 0.6) is 0 Å². The minimum Gasteiger partial charge on any atom is -0.348 e. The zero-order valence-corrected chi connectivity index (χ0v) is 15.7. The van der Waals surface area contributed by atoms with Crippen LogP contribution in [0, 0.1) is 5.92 Å². The standard InChI is InChI=1S/C17H25N5OS/c1-12(2)15(13-9-7-6-8-10-13)18-14(23)11-24-16-19-20-21-22(16)17(3,4)5/h6-10,12,15H,11H2,1-5H3,(H,18,23). The third-order valence-corrected chi connectivity index (χ3v) is 4.47. The van der Waals surface area contributed by atoms with E-state index in [1.165, 1.54) is 11.8 Å². The fraction of sp³-hybridized carbons (Fsp3) is 0.529. The molecule has 7 heteroatoms. The van der Waals surface area contributed by atoms with Crippen LogP contribution >= 0.6 is 11.8 Å². The lowest BCUT2D eigenvalue weighted by Gasteiger charge is -2.23. The summed E-state index contributed by atoms with van der Waals surface area (Å²) in [6.45, 7) is 10.3. The molecule has 1 N–H and O–H groups in total. The molecule has 1 heterocycles. The smallest absolute Gasteiger partial charge is 0.230 e. The average Bonchev–Trinajstić information content (AvgIpc) is 3.00. The second kappa shape index (κ2) is 7.79. The molecule has 24 heavy (non-hydrogen) atoms. The highest BCUT2D eigenvalue weighted by Crippen LogP contribution is 2.23. The lowest BCUT2D eigenvalue weighted by molar-refractivity contribution is -0.119. The molecule has 0 saturated carbocycles. The topological polar surface area (TPSA) is 72.7 Å². The maximum atomic E-state index is 12.4. The SMILES string of the molecule is CC(C)C(NC(=O)CSc1nnnn1C(C)(C)C)c1ccccc1. The van der Waals surface area contributed by atoms with Crippen molar-refractivity contribution in [1.82, 2.24) is 25.5 Å². The largest absolute Gasteiger partial charge is 0.348 e. The first-order chi connectivity index (χ1) is 11.3. The van der Waals surface area contributed by atoms with Gasteiger partial charge in [0.1, 0.15) is 0 Å². The van der Waals surface area contributed by atoms with Gasteiger partial charge in [0.25, 0.3) is 0 Å². The highest BCUT2D eigenvalue weighted by molar-refractivity contribution is 7.99. The van der Waals surface area contributed by atoms with Crippen LogP contribution in [0.3, 0.4) is 0 Å². The van der Waals surface area contributed by atoms with E-state index >= 15 is 0 Å². The minimum atomic E-state index is -0.215. The van der Waals surface area contributed by atoms with Gasteiger partial charge in [-0.3, -0.25) is 4.79 Å². The molecule has 2 rings (SSSR count). The van der Waals surface area contributed by atoms with Crippen molar-refractivity contribution in [3.8, 4) is 0 Å². The molecule has 1 aromatic carbocycles. The third kappa shape index (κ3) is 4.80. The molecule has 6 nitrogen and oxygen atoms in total. The highest BCUT2D eigenvalue weighted by atomic mass is 32.2. The Morgan fingerprint density at radius 2 is 1.92 bits per heavy atom. The fourth-order valence-corrected chi connectivity index (χ4v) is 3.20. The summed E-state index contributed by atoms with van der Waals surface area (Å²) >= 11 is 1.35. The summed E-state index contributed by atoms with van der Waals surface area (Å²) in [5, 5.41) is 15.5. The molecule has 1 atom stereocenters. The molecule has 1 aromatic heterocycles. The van der Waals surface area contributed by atoms with E-state index in [2.05, 4.69) is 34.7 Å². The second-order valence-corrected chi connectivity index (χ2v) is 7.98. The van der Waals surface area contributed by atoms with Crippen molar-refractivity contribution < 1.29 is 4.79 Å². The zero-order chi connectivity index (χ0) is 17.7. The van der Waals surface area contributed by atoms with E-state index in [9.17, 15) is 4.79 Å². The summed E-state index contributed by atoms with van der Waals surface area (Å²) in [5.41, 5.74) is 0.901. The van der Waals surface area contributed by atoms with Gasteiger partial charge in [-0.15, -0.1) is 5.10 Å². The second-order valence-electron chi connectivity index (χ2n) is 7.03. The molecule has 130 valence electrons. The number of amides is 1. The Morgan fingerprint density at radius 1 is 1.25 bits per heavy atom. The number of nitrogens with one attached hydrogen (secondary N) is 1. The Bertz CT molecular complexity index is 663. The Balaban J connectivity index is 1.99. The van der Waals surface area contributed by atoms with Crippen molar-refractivity contribution in [2.45, 2.75) is 51.4 Å². The first-order valence-corrected chi connectivity index (χ1v) is 9.03. The van der Waals surface area contributed by atoms with Gasteiger partial charge in [-0.2, -0.15) is 0 Å². The van der Waals surface area contributed by atoms with E-state index in [1.54, 1.807) is 4.68 Å². The highest BCUT2D eigenvalue weighted by Gasteiger charge is 2.22. The number of hydrogen-bond acceptors (Lipinski definition) is 5. The van der Waals surface area contributed by atoms with Crippen molar-refractivity contribution in [3.63, 3.8) is 0 Å². The van der Waals surface area contributed by atoms with Crippen LogP contribution in [0.15, 0.2) is 35.5 Å². The summed E-state index contributed by atoms with van der Waals surface area (Å²) in [6, 6.07) is 10.0. The molecule has 0 aliphatic rings. The molecule has 0 aliphatic heterocycles. The van der Waals surface area contributed by atoms with Crippen molar-refractivity contribution in [2.24, 2.45) is 5.92 Å². The number of aromatic nitrogens is 4. The van der Waals surface area contributed by atoms with E-state index in [0.29, 0.717) is 11.1 Å². The molecule has 1 amide bonds. The van der Waals surface area contributed by atoms with Gasteiger partial charge in [-0.25, -0.2) is 4.68 Å². The number of nitrogens with zero attached hydrogens (tertiary/aromatic N) is 4. The number of tetrazole rings is 1. The average molecular weight is 347 g/mol. The lowest BCUT2D eigenvalue weighted by Crippen LogP contribution is -2.33. The van der Waals surface area contributed by atoms with Crippen molar-refractivity contribution in [1.29, 1.82) is 0 Å². The van der Waals surface area contributed by atoms with Gasteiger partial charge in [0.2, 0.25) is 11.1 Å². The van der Waals surface area contributed by atoms with Crippen LogP contribution in [-0.2, 0) is 10.3 Å². The quantitative estimate of drug-likeness (QED) is 0.813. The van der Waals surface area contributed by atoms with E-state index in [4.69, 9.17) is 0 Å². The number of rotatable bonds is 6. The van der Waals surface area contributed by atoms with Gasteiger partial charge in [0.05, 0.1) is 17.3 Å². The van der Waals surface area contributed by atoms with Crippen LogP contribution in [0.1, 0.15) is 46.2 Å². The molecular weight excluding hydrogens is 322 g/mol. The number of carbonyl (C=O) groups is 1. The van der Waals surface area contributed by atoms with E-state index in [1.807, 2.05) is 51.1 Å². The van der Waals surface area contributed by atoms with Gasteiger partial charge in [0, 0.05) is 0 Å². The van der Waals surface area contributed by atoms with E-state index in [0.717, 1.165) is 5.56 Å². The van der Waals surface area contributed by atoms with Crippen LogP contribution in [0.25, 0.3) is 0 Å².